The smallest absolute Gasteiger partial charge is 0.261 e. The maximum Gasteiger partial charge on any atom is 0.261 e. The van der Waals surface area contributed by atoms with Crippen LogP contribution in [-0.4, -0.2) is 26.8 Å². The zero-order valence-corrected chi connectivity index (χ0v) is 26.9. The molecule has 0 aromatic heterocycles. The molecule has 3 rings (SSSR count). The fourth-order valence-corrected chi connectivity index (χ4v) is 10.6. The van der Waals surface area contributed by atoms with Gasteiger partial charge in [-0.15, -0.1) is 0 Å². The van der Waals surface area contributed by atoms with Crippen LogP contribution in [0.1, 0.15) is 97.5 Å². The summed E-state index contributed by atoms with van der Waals surface area (Å²) in [4.78, 5) is 11.4. The van der Waals surface area contributed by atoms with Gasteiger partial charge in [-0.1, -0.05) is 163 Å². The van der Waals surface area contributed by atoms with Gasteiger partial charge in [-0.05, 0) is 40.7 Å². The van der Waals surface area contributed by atoms with Crippen LogP contribution in [0.3, 0.4) is 0 Å². The normalized spacial score (nSPS) is 13.6. The van der Waals surface area contributed by atoms with E-state index in [1.165, 1.54) is 55.3 Å². The third kappa shape index (κ3) is 10.4. The van der Waals surface area contributed by atoms with Crippen molar-refractivity contribution in [2.24, 2.45) is 0 Å². The second-order valence-electron chi connectivity index (χ2n) is 12.5. The van der Waals surface area contributed by atoms with Crippen molar-refractivity contribution in [2.45, 2.75) is 116 Å². The van der Waals surface area contributed by atoms with Gasteiger partial charge in [-0.3, -0.25) is 0 Å². The molecule has 0 aliphatic carbocycles. The van der Waals surface area contributed by atoms with E-state index in [2.05, 4.69) is 88.4 Å². The Morgan fingerprint density at radius 3 is 1.56 bits per heavy atom. The fourth-order valence-electron chi connectivity index (χ4n) is 5.86. The minimum absolute atomic E-state index is 0.0176. The van der Waals surface area contributed by atoms with E-state index >= 15 is 0 Å². The molecular formula is C37H52O3Si. The van der Waals surface area contributed by atoms with Crippen LogP contribution >= 0.6 is 0 Å². The highest BCUT2D eigenvalue weighted by Crippen LogP contribution is 2.38. The maximum atomic E-state index is 11.4. The monoisotopic (exact) mass is 572 g/mol. The highest BCUT2D eigenvalue weighted by Gasteiger charge is 2.50. The highest BCUT2D eigenvalue weighted by atomic mass is 28.4. The van der Waals surface area contributed by atoms with E-state index in [1.807, 2.05) is 30.3 Å². The van der Waals surface area contributed by atoms with Gasteiger partial charge in [0, 0.05) is 6.10 Å². The van der Waals surface area contributed by atoms with Gasteiger partial charge in [0.05, 0.1) is 6.61 Å². The summed E-state index contributed by atoms with van der Waals surface area (Å²) in [5.74, 6) is 0. The van der Waals surface area contributed by atoms with Gasteiger partial charge < -0.3 is 14.0 Å². The number of rotatable bonds is 19. The number of carbonyl (C=O) groups is 1. The summed E-state index contributed by atoms with van der Waals surface area (Å²) in [5, 5.41) is 2.73. The van der Waals surface area contributed by atoms with E-state index in [9.17, 15) is 4.79 Å². The first-order valence-electron chi connectivity index (χ1n) is 15.8. The zero-order valence-electron chi connectivity index (χ0n) is 25.9. The number of ether oxygens (including phenoxy) is 1. The molecule has 222 valence electrons. The predicted octanol–water partition coefficient (Wildman–Crippen LogP) is 8.64. The van der Waals surface area contributed by atoms with Crippen molar-refractivity contribution in [3.05, 3.63) is 96.6 Å². The van der Waals surface area contributed by atoms with Crippen LogP contribution in [0.2, 0.25) is 5.04 Å². The third-order valence-corrected chi connectivity index (χ3v) is 13.3. The Morgan fingerprint density at radius 2 is 1.10 bits per heavy atom. The van der Waals surface area contributed by atoms with Gasteiger partial charge in [0.2, 0.25) is 0 Å². The average Bonchev–Trinajstić information content (AvgIpc) is 2.99. The molecular weight excluding hydrogens is 520 g/mol. The van der Waals surface area contributed by atoms with Crippen molar-refractivity contribution in [3.8, 4) is 0 Å². The molecule has 0 heterocycles. The Balaban J connectivity index is 1.35. The highest BCUT2D eigenvalue weighted by molar-refractivity contribution is 6.99. The largest absolute Gasteiger partial charge is 0.405 e. The van der Waals surface area contributed by atoms with Gasteiger partial charge in [-0.25, -0.2) is 0 Å². The number of benzene rings is 3. The number of aldehydes is 1. The maximum absolute atomic E-state index is 11.4. The topological polar surface area (TPSA) is 35.5 Å². The lowest BCUT2D eigenvalue weighted by Gasteiger charge is -2.44. The van der Waals surface area contributed by atoms with E-state index < -0.39 is 8.32 Å². The number of hydrogen-bond donors (Lipinski definition) is 0. The molecule has 0 bridgehead atoms. The van der Waals surface area contributed by atoms with Crippen molar-refractivity contribution in [2.75, 3.05) is 0 Å². The first-order chi connectivity index (χ1) is 19.9. The molecule has 0 aliphatic rings. The van der Waals surface area contributed by atoms with Crippen LogP contribution in [0.5, 0.6) is 0 Å². The van der Waals surface area contributed by atoms with Gasteiger partial charge >= 0.3 is 0 Å². The summed E-state index contributed by atoms with van der Waals surface area (Å²) >= 11 is 0. The molecule has 3 nitrogen and oxygen atoms in total. The minimum Gasteiger partial charge on any atom is -0.405 e. The summed E-state index contributed by atoms with van der Waals surface area (Å²) in [7, 11) is -2.47. The predicted molar refractivity (Wildman–Crippen MR) is 175 cm³/mol. The lowest BCUT2D eigenvalue weighted by molar-refractivity contribution is -0.119. The van der Waals surface area contributed by atoms with Crippen LogP contribution in [0.4, 0.5) is 0 Å². The Labute approximate surface area is 250 Å². The Morgan fingerprint density at radius 1 is 0.659 bits per heavy atom. The van der Waals surface area contributed by atoms with Crippen molar-refractivity contribution in [1.82, 2.24) is 0 Å². The van der Waals surface area contributed by atoms with Crippen LogP contribution in [0.15, 0.2) is 91.0 Å². The molecule has 0 N–H and O–H groups in total. The molecule has 0 saturated carbocycles. The Kier molecular flexibility index (Phi) is 14.0. The molecule has 0 saturated heterocycles. The molecule has 0 fully saturated rings. The molecule has 3 aromatic carbocycles. The second kappa shape index (κ2) is 17.4. The summed E-state index contributed by atoms with van der Waals surface area (Å²) in [5.41, 5.74) is 1.11. The van der Waals surface area contributed by atoms with Crippen molar-refractivity contribution in [1.29, 1.82) is 0 Å². The van der Waals surface area contributed by atoms with Crippen LogP contribution in [-0.2, 0) is 20.6 Å². The summed E-state index contributed by atoms with van der Waals surface area (Å²) in [6.07, 6.45) is 12.6. The van der Waals surface area contributed by atoms with E-state index in [-0.39, 0.29) is 17.2 Å². The molecule has 0 unspecified atom stereocenters. The fraction of sp³-hybridized carbons (Fsp3) is 0.486. The van der Waals surface area contributed by atoms with E-state index in [1.54, 1.807) is 0 Å². The first-order valence-corrected chi connectivity index (χ1v) is 17.7. The molecule has 3 aromatic rings. The average molecular weight is 573 g/mol. The van der Waals surface area contributed by atoms with Crippen molar-refractivity contribution < 1.29 is 14.0 Å². The van der Waals surface area contributed by atoms with Crippen LogP contribution < -0.4 is 10.4 Å². The van der Waals surface area contributed by atoms with Crippen molar-refractivity contribution >= 4 is 25.0 Å². The lowest BCUT2D eigenvalue weighted by atomic mass is 10.0. The third-order valence-electron chi connectivity index (χ3n) is 8.10. The quantitative estimate of drug-likeness (QED) is 0.0819. The standard InChI is InChI=1S/C37H52O3Si/c1-32(40-41(37(2,3)4,35-26-18-12-19-27-35)36-28-20-13-21-29-36)22-14-9-7-5-6-8-10-17-25-34(30-38)39-31-33-23-15-11-16-24-33/h11-13,15-16,18-21,23-24,26-30,32,34H,5-10,14,17,22,25,31H2,1-4H3/t32-,34+/m0/s1. The molecule has 0 radical (unpaired) electrons. The minimum atomic E-state index is -2.47. The van der Waals surface area contributed by atoms with Gasteiger partial charge in [0.15, 0.2) is 0 Å². The van der Waals surface area contributed by atoms with Gasteiger partial charge in [0.25, 0.3) is 8.32 Å². The molecule has 0 amide bonds. The summed E-state index contributed by atoms with van der Waals surface area (Å²) in [6, 6.07) is 32.0. The summed E-state index contributed by atoms with van der Waals surface area (Å²) in [6.45, 7) is 9.83. The second-order valence-corrected chi connectivity index (χ2v) is 16.7. The summed E-state index contributed by atoms with van der Waals surface area (Å²) < 4.78 is 13.0. The van der Waals surface area contributed by atoms with E-state index in [0.29, 0.717) is 6.61 Å². The van der Waals surface area contributed by atoms with Crippen molar-refractivity contribution in [3.63, 3.8) is 0 Å². The molecule has 4 heteroatoms. The number of hydrogen-bond acceptors (Lipinski definition) is 3. The first kappa shape index (κ1) is 33.0. The van der Waals surface area contributed by atoms with E-state index in [0.717, 1.165) is 31.1 Å². The molecule has 0 aliphatic heterocycles. The SMILES string of the molecule is C[C@@H](CCCCCCCCCC[C@H](C=O)OCc1ccccc1)O[Si](c1ccccc1)(c1ccccc1)C(C)(C)C. The Hall–Kier alpha value is -2.53. The molecule has 2 atom stereocenters. The number of unbranched alkanes of at least 4 members (excludes halogenated alkanes) is 7. The van der Waals surface area contributed by atoms with E-state index in [4.69, 9.17) is 9.16 Å². The van der Waals surface area contributed by atoms with Gasteiger partial charge in [-0.2, -0.15) is 0 Å². The molecule has 0 spiro atoms. The zero-order chi connectivity index (χ0) is 29.4. The van der Waals surface area contributed by atoms with Crippen LogP contribution in [0.25, 0.3) is 0 Å². The Bertz CT molecular complexity index is 1060. The number of carbonyl (C=O) groups excluding carboxylic acids is 1. The molecule has 41 heavy (non-hydrogen) atoms. The van der Waals surface area contributed by atoms with Crippen LogP contribution in [0, 0.1) is 0 Å². The van der Waals surface area contributed by atoms with Gasteiger partial charge in [0.1, 0.15) is 12.4 Å². The lowest BCUT2D eigenvalue weighted by Crippen LogP contribution is -2.67.